The molecule has 0 N–H and O–H groups in total. The number of nitrogens with zero attached hydrogens (tertiary/aromatic N) is 2. The molecule has 0 aromatic carbocycles. The molecule has 2 heterocycles. The van der Waals surface area contributed by atoms with E-state index in [0.29, 0.717) is 6.04 Å². The van der Waals surface area contributed by atoms with Crippen LogP contribution < -0.4 is 0 Å². The first kappa shape index (κ1) is 12.6. The predicted octanol–water partition coefficient (Wildman–Crippen LogP) is 3.32. The maximum atomic E-state index is 4.69. The Labute approximate surface area is 105 Å². The molecule has 1 aromatic heterocycles. The maximum Gasteiger partial charge on any atom is 0.0464 e. The van der Waals surface area contributed by atoms with Gasteiger partial charge in [-0.05, 0) is 36.9 Å². The third kappa shape index (κ3) is 2.23. The monoisotopic (exact) mass is 232 g/mol. The van der Waals surface area contributed by atoms with Crippen LogP contribution in [-0.4, -0.2) is 23.5 Å². The van der Waals surface area contributed by atoms with E-state index >= 15 is 0 Å². The molecule has 1 aromatic rings. The minimum atomic E-state index is 0.234. The summed E-state index contributed by atoms with van der Waals surface area (Å²) in [6, 6.07) is 2.88. The van der Waals surface area contributed by atoms with Gasteiger partial charge in [0.25, 0.3) is 0 Å². The van der Waals surface area contributed by atoms with E-state index in [0.717, 1.165) is 19.4 Å². The van der Waals surface area contributed by atoms with Crippen molar-refractivity contribution in [2.24, 2.45) is 0 Å². The molecule has 0 bridgehead atoms. The van der Waals surface area contributed by atoms with Crippen LogP contribution in [0.1, 0.15) is 57.0 Å². The van der Waals surface area contributed by atoms with E-state index in [1.165, 1.54) is 16.8 Å². The molecule has 0 spiro atoms. The van der Waals surface area contributed by atoms with Crippen molar-refractivity contribution >= 4 is 0 Å². The van der Waals surface area contributed by atoms with Crippen LogP contribution in [0.15, 0.2) is 12.3 Å². The summed E-state index contributed by atoms with van der Waals surface area (Å²) in [4.78, 5) is 7.10. The Balaban J connectivity index is 2.42. The summed E-state index contributed by atoms with van der Waals surface area (Å²) in [5.74, 6) is 0. The van der Waals surface area contributed by atoms with Crippen LogP contribution in [0.4, 0.5) is 0 Å². The summed E-state index contributed by atoms with van der Waals surface area (Å²) in [7, 11) is 2.20. The van der Waals surface area contributed by atoms with E-state index in [4.69, 9.17) is 4.98 Å². The Morgan fingerprint density at radius 2 is 2.18 bits per heavy atom. The van der Waals surface area contributed by atoms with Crippen molar-refractivity contribution in [2.75, 3.05) is 13.6 Å². The lowest BCUT2D eigenvalue weighted by Gasteiger charge is -2.33. The summed E-state index contributed by atoms with van der Waals surface area (Å²) in [6.45, 7) is 10.2. The van der Waals surface area contributed by atoms with Crippen molar-refractivity contribution in [3.63, 3.8) is 0 Å². The topological polar surface area (TPSA) is 16.1 Å². The van der Waals surface area contributed by atoms with Gasteiger partial charge in [0.1, 0.15) is 0 Å². The number of pyridine rings is 1. The Hall–Kier alpha value is -0.890. The van der Waals surface area contributed by atoms with Gasteiger partial charge < -0.3 is 0 Å². The molecule has 2 rings (SSSR count). The minimum absolute atomic E-state index is 0.234. The first-order chi connectivity index (χ1) is 7.95. The standard InChI is InChI=1S/C15H24N2/c1-6-15(3,4)12-9-13-11(2)17(5)8-7-14(13)16-10-12/h9-11H,6-8H2,1-5H3. The van der Waals surface area contributed by atoms with Gasteiger partial charge in [0.05, 0.1) is 0 Å². The second-order valence-electron chi connectivity index (χ2n) is 5.90. The van der Waals surface area contributed by atoms with Crippen molar-refractivity contribution in [3.8, 4) is 0 Å². The van der Waals surface area contributed by atoms with Crippen molar-refractivity contribution in [2.45, 2.75) is 52.0 Å². The molecule has 0 fully saturated rings. The highest BCUT2D eigenvalue weighted by atomic mass is 15.1. The van der Waals surface area contributed by atoms with Gasteiger partial charge in [-0.3, -0.25) is 9.88 Å². The highest BCUT2D eigenvalue weighted by Crippen LogP contribution is 2.32. The van der Waals surface area contributed by atoms with E-state index in [2.05, 4.69) is 51.9 Å². The zero-order chi connectivity index (χ0) is 12.6. The first-order valence-electron chi connectivity index (χ1n) is 6.65. The van der Waals surface area contributed by atoms with Crippen LogP contribution in [0.5, 0.6) is 0 Å². The molecule has 0 saturated heterocycles. The minimum Gasteiger partial charge on any atom is -0.299 e. The average Bonchev–Trinajstić information content (AvgIpc) is 2.33. The van der Waals surface area contributed by atoms with Crippen molar-refractivity contribution in [3.05, 3.63) is 29.1 Å². The van der Waals surface area contributed by atoms with Crippen molar-refractivity contribution in [1.29, 1.82) is 0 Å². The van der Waals surface area contributed by atoms with Gasteiger partial charge in [-0.15, -0.1) is 0 Å². The Kier molecular flexibility index (Phi) is 3.26. The number of aromatic nitrogens is 1. The zero-order valence-electron chi connectivity index (χ0n) is 11.7. The van der Waals surface area contributed by atoms with Gasteiger partial charge in [0.15, 0.2) is 0 Å². The van der Waals surface area contributed by atoms with Gasteiger partial charge >= 0.3 is 0 Å². The van der Waals surface area contributed by atoms with Crippen LogP contribution >= 0.6 is 0 Å². The van der Waals surface area contributed by atoms with E-state index in [1.807, 2.05) is 0 Å². The van der Waals surface area contributed by atoms with Crippen LogP contribution in [0, 0.1) is 0 Å². The molecule has 1 unspecified atom stereocenters. The van der Waals surface area contributed by atoms with Crippen molar-refractivity contribution in [1.82, 2.24) is 9.88 Å². The lowest BCUT2D eigenvalue weighted by atomic mass is 9.81. The third-order valence-corrected chi connectivity index (χ3v) is 4.48. The van der Waals surface area contributed by atoms with Gasteiger partial charge in [-0.2, -0.15) is 0 Å². The molecule has 0 radical (unpaired) electrons. The summed E-state index contributed by atoms with van der Waals surface area (Å²) in [5.41, 5.74) is 4.34. The van der Waals surface area contributed by atoms with Crippen LogP contribution in [-0.2, 0) is 11.8 Å². The van der Waals surface area contributed by atoms with Crippen LogP contribution in [0.3, 0.4) is 0 Å². The molecular weight excluding hydrogens is 208 g/mol. The predicted molar refractivity (Wildman–Crippen MR) is 72.3 cm³/mol. The molecule has 2 nitrogen and oxygen atoms in total. The molecule has 1 aliphatic rings. The summed E-state index contributed by atoms with van der Waals surface area (Å²) in [5, 5.41) is 0. The fourth-order valence-electron chi connectivity index (χ4n) is 2.37. The lowest BCUT2D eigenvalue weighted by Crippen LogP contribution is -2.31. The number of rotatable bonds is 2. The summed E-state index contributed by atoms with van der Waals surface area (Å²) in [6.07, 6.45) is 4.32. The fraction of sp³-hybridized carbons (Fsp3) is 0.667. The Bertz CT molecular complexity index is 409. The molecule has 94 valence electrons. The lowest BCUT2D eigenvalue weighted by molar-refractivity contribution is 0.244. The average molecular weight is 232 g/mol. The molecule has 0 saturated carbocycles. The van der Waals surface area contributed by atoms with Crippen LogP contribution in [0.2, 0.25) is 0 Å². The first-order valence-corrected chi connectivity index (χ1v) is 6.65. The van der Waals surface area contributed by atoms with E-state index in [-0.39, 0.29) is 5.41 Å². The van der Waals surface area contributed by atoms with Crippen LogP contribution in [0.25, 0.3) is 0 Å². The molecule has 0 aliphatic carbocycles. The molecule has 2 heteroatoms. The number of hydrogen-bond acceptors (Lipinski definition) is 2. The zero-order valence-corrected chi connectivity index (χ0v) is 11.7. The quantitative estimate of drug-likeness (QED) is 0.777. The second-order valence-corrected chi connectivity index (χ2v) is 5.90. The number of fused-ring (bicyclic) bond motifs is 1. The SMILES string of the molecule is CCC(C)(C)c1cnc2c(c1)C(C)N(C)CC2. The molecule has 1 atom stereocenters. The fourth-order valence-corrected chi connectivity index (χ4v) is 2.37. The largest absolute Gasteiger partial charge is 0.299 e. The molecule has 0 amide bonds. The molecule has 1 aliphatic heterocycles. The summed E-state index contributed by atoms with van der Waals surface area (Å²) < 4.78 is 0. The third-order valence-electron chi connectivity index (χ3n) is 4.48. The smallest absolute Gasteiger partial charge is 0.0464 e. The van der Waals surface area contributed by atoms with E-state index < -0.39 is 0 Å². The Morgan fingerprint density at radius 3 is 2.82 bits per heavy atom. The number of likely N-dealkylation sites (N-methyl/N-ethyl adjacent to an activating group) is 1. The van der Waals surface area contributed by atoms with Crippen molar-refractivity contribution < 1.29 is 0 Å². The Morgan fingerprint density at radius 1 is 1.47 bits per heavy atom. The molecule has 17 heavy (non-hydrogen) atoms. The maximum absolute atomic E-state index is 4.69. The summed E-state index contributed by atoms with van der Waals surface area (Å²) >= 11 is 0. The van der Waals surface area contributed by atoms with E-state index in [1.54, 1.807) is 0 Å². The number of hydrogen-bond donors (Lipinski definition) is 0. The van der Waals surface area contributed by atoms with Gasteiger partial charge in [-0.25, -0.2) is 0 Å². The highest BCUT2D eigenvalue weighted by Gasteiger charge is 2.25. The van der Waals surface area contributed by atoms with E-state index in [9.17, 15) is 0 Å². The second kappa shape index (κ2) is 4.41. The van der Waals surface area contributed by atoms with Gasteiger partial charge in [0, 0.05) is 30.9 Å². The van der Waals surface area contributed by atoms with Gasteiger partial charge in [-0.1, -0.05) is 26.8 Å². The molecular formula is C15H24N2. The van der Waals surface area contributed by atoms with Gasteiger partial charge in [0.2, 0.25) is 0 Å². The normalized spacial score (nSPS) is 21.4. The highest BCUT2D eigenvalue weighted by molar-refractivity contribution is 5.33.